The second-order valence-corrected chi connectivity index (χ2v) is 3.76. The van der Waals surface area contributed by atoms with E-state index >= 15 is 0 Å². The van der Waals surface area contributed by atoms with Gasteiger partial charge in [0.15, 0.2) is 0 Å². The minimum Gasteiger partial charge on any atom is -0.508 e. The van der Waals surface area contributed by atoms with Gasteiger partial charge in [0.25, 0.3) is 0 Å². The molecule has 0 amide bonds. The summed E-state index contributed by atoms with van der Waals surface area (Å²) < 4.78 is 0. The Kier molecular flexibility index (Phi) is 4.68. The molecule has 2 aromatic carbocycles. The lowest BCUT2D eigenvalue weighted by molar-refractivity contribution is 0.468. The number of nitrogen functional groups attached to an aromatic ring is 1. The van der Waals surface area contributed by atoms with Crippen molar-refractivity contribution >= 4 is 23.8 Å². The van der Waals surface area contributed by atoms with Gasteiger partial charge in [-0.25, -0.2) is 0 Å². The van der Waals surface area contributed by atoms with Crippen molar-refractivity contribution < 1.29 is 10.2 Å². The van der Waals surface area contributed by atoms with Gasteiger partial charge in [-0.1, -0.05) is 12.1 Å². The fourth-order valence-corrected chi connectivity index (χ4v) is 1.56. The van der Waals surface area contributed by atoms with Crippen LogP contribution in [0, 0.1) is 0 Å². The molecular formula is C13H15ClN2O2. The Labute approximate surface area is 111 Å². The topological polar surface area (TPSA) is 78.5 Å². The van der Waals surface area contributed by atoms with Gasteiger partial charge in [-0.05, 0) is 30.3 Å². The van der Waals surface area contributed by atoms with Crippen molar-refractivity contribution in [2.24, 2.45) is 0 Å². The number of nitrogens with one attached hydrogen (secondary N) is 1. The quantitative estimate of drug-likeness (QED) is 0.391. The zero-order chi connectivity index (χ0) is 12.3. The maximum absolute atomic E-state index is 9.62. The van der Waals surface area contributed by atoms with E-state index in [-0.39, 0.29) is 23.9 Å². The number of hydrogen-bond donors (Lipinski definition) is 4. The van der Waals surface area contributed by atoms with Crippen LogP contribution in [-0.2, 0) is 6.54 Å². The maximum atomic E-state index is 9.62. The van der Waals surface area contributed by atoms with E-state index < -0.39 is 0 Å². The van der Waals surface area contributed by atoms with Gasteiger partial charge in [0.2, 0.25) is 0 Å². The first-order valence-electron chi connectivity index (χ1n) is 5.26. The molecule has 0 fully saturated rings. The Morgan fingerprint density at radius 1 is 1.00 bits per heavy atom. The van der Waals surface area contributed by atoms with E-state index in [0.717, 1.165) is 0 Å². The molecule has 2 rings (SSSR count). The fraction of sp³-hybridized carbons (Fsp3) is 0.0769. The SMILES string of the molecule is Cl.Nc1ccc(O)c(CNc2ccccc2O)c1. The molecule has 5 N–H and O–H groups in total. The lowest BCUT2D eigenvalue weighted by Gasteiger charge is -2.10. The van der Waals surface area contributed by atoms with Crippen molar-refractivity contribution in [2.45, 2.75) is 6.54 Å². The van der Waals surface area contributed by atoms with Gasteiger partial charge in [0.05, 0.1) is 5.69 Å². The molecule has 5 heteroatoms. The highest BCUT2D eigenvalue weighted by Crippen LogP contribution is 2.25. The number of benzene rings is 2. The molecule has 0 aliphatic heterocycles. The molecule has 96 valence electrons. The number of para-hydroxylation sites is 2. The molecule has 0 unspecified atom stereocenters. The number of nitrogens with two attached hydrogens (primary N) is 1. The molecule has 0 saturated carbocycles. The van der Waals surface area contributed by atoms with Crippen LogP contribution >= 0.6 is 12.4 Å². The second kappa shape index (κ2) is 6.02. The zero-order valence-electron chi connectivity index (χ0n) is 9.63. The van der Waals surface area contributed by atoms with Gasteiger partial charge in [-0.2, -0.15) is 0 Å². The van der Waals surface area contributed by atoms with Crippen molar-refractivity contribution in [1.82, 2.24) is 0 Å². The smallest absolute Gasteiger partial charge is 0.138 e. The van der Waals surface area contributed by atoms with E-state index in [2.05, 4.69) is 5.32 Å². The summed E-state index contributed by atoms with van der Waals surface area (Å²) in [7, 11) is 0. The Morgan fingerprint density at radius 2 is 1.72 bits per heavy atom. The third kappa shape index (κ3) is 3.21. The van der Waals surface area contributed by atoms with Crippen LogP contribution in [0.25, 0.3) is 0 Å². The van der Waals surface area contributed by atoms with Crippen LogP contribution in [0.3, 0.4) is 0 Å². The molecule has 0 bridgehead atoms. The summed E-state index contributed by atoms with van der Waals surface area (Å²) in [5, 5.41) is 22.2. The lowest BCUT2D eigenvalue weighted by atomic mass is 10.1. The number of hydrogen-bond acceptors (Lipinski definition) is 4. The summed E-state index contributed by atoms with van der Waals surface area (Å²) in [5.74, 6) is 0.359. The molecule has 0 saturated heterocycles. The zero-order valence-corrected chi connectivity index (χ0v) is 10.4. The molecule has 0 atom stereocenters. The standard InChI is InChI=1S/C13H14N2O2.ClH/c14-10-5-6-12(16)9(7-10)8-15-11-3-1-2-4-13(11)17;/h1-7,15-17H,8,14H2;1H. The fourth-order valence-electron chi connectivity index (χ4n) is 1.56. The van der Waals surface area contributed by atoms with Crippen molar-refractivity contribution in [3.63, 3.8) is 0 Å². The molecule has 18 heavy (non-hydrogen) atoms. The number of phenolic OH excluding ortho intramolecular Hbond substituents is 2. The highest BCUT2D eigenvalue weighted by atomic mass is 35.5. The van der Waals surface area contributed by atoms with Crippen LogP contribution in [0.15, 0.2) is 42.5 Å². The minimum atomic E-state index is 0. The van der Waals surface area contributed by atoms with Crippen LogP contribution in [0.1, 0.15) is 5.56 Å². The van der Waals surface area contributed by atoms with Crippen molar-refractivity contribution in [2.75, 3.05) is 11.1 Å². The Morgan fingerprint density at radius 3 is 2.44 bits per heavy atom. The predicted octanol–water partition coefficient (Wildman–Crippen LogP) is 2.71. The molecule has 0 heterocycles. The number of halogens is 1. The van der Waals surface area contributed by atoms with Crippen molar-refractivity contribution in [3.05, 3.63) is 48.0 Å². The van der Waals surface area contributed by atoms with Gasteiger partial charge < -0.3 is 21.3 Å². The van der Waals surface area contributed by atoms with Crippen molar-refractivity contribution in [1.29, 1.82) is 0 Å². The molecule has 0 spiro atoms. The second-order valence-electron chi connectivity index (χ2n) is 3.76. The Balaban J connectivity index is 0.00000162. The van der Waals surface area contributed by atoms with E-state index in [1.807, 2.05) is 6.07 Å². The predicted molar refractivity (Wildman–Crippen MR) is 75.2 cm³/mol. The van der Waals surface area contributed by atoms with E-state index in [0.29, 0.717) is 23.5 Å². The summed E-state index contributed by atoms with van der Waals surface area (Å²) in [5.41, 5.74) is 7.54. The van der Waals surface area contributed by atoms with E-state index in [9.17, 15) is 10.2 Å². The lowest BCUT2D eigenvalue weighted by Crippen LogP contribution is -2.00. The average Bonchev–Trinajstić information content (AvgIpc) is 2.32. The van der Waals surface area contributed by atoms with E-state index in [1.165, 1.54) is 0 Å². The highest BCUT2D eigenvalue weighted by Gasteiger charge is 2.03. The summed E-state index contributed by atoms with van der Waals surface area (Å²) in [6.07, 6.45) is 0. The van der Waals surface area contributed by atoms with Gasteiger partial charge in [0, 0.05) is 17.8 Å². The maximum Gasteiger partial charge on any atom is 0.138 e. The third-order valence-corrected chi connectivity index (χ3v) is 2.48. The molecular weight excluding hydrogens is 252 g/mol. The summed E-state index contributed by atoms with van der Waals surface area (Å²) in [6, 6.07) is 11.8. The van der Waals surface area contributed by atoms with E-state index in [4.69, 9.17) is 5.73 Å². The van der Waals surface area contributed by atoms with Crippen LogP contribution in [0.5, 0.6) is 11.5 Å². The normalized spacial score (nSPS) is 9.56. The number of aromatic hydroxyl groups is 2. The molecule has 0 radical (unpaired) electrons. The van der Waals surface area contributed by atoms with Crippen LogP contribution in [0.4, 0.5) is 11.4 Å². The van der Waals surface area contributed by atoms with Crippen LogP contribution in [-0.4, -0.2) is 10.2 Å². The minimum absolute atomic E-state index is 0. The molecule has 0 aliphatic rings. The molecule has 0 aromatic heterocycles. The van der Waals surface area contributed by atoms with Gasteiger partial charge in [0.1, 0.15) is 11.5 Å². The van der Waals surface area contributed by atoms with Crippen LogP contribution < -0.4 is 11.1 Å². The first-order chi connectivity index (χ1) is 8.16. The average molecular weight is 267 g/mol. The van der Waals surface area contributed by atoms with Crippen LogP contribution in [0.2, 0.25) is 0 Å². The summed E-state index contributed by atoms with van der Waals surface area (Å²) in [6.45, 7) is 0.397. The van der Waals surface area contributed by atoms with Crippen molar-refractivity contribution in [3.8, 4) is 11.5 Å². The summed E-state index contributed by atoms with van der Waals surface area (Å²) >= 11 is 0. The van der Waals surface area contributed by atoms with Gasteiger partial charge >= 0.3 is 0 Å². The number of phenols is 2. The molecule has 4 nitrogen and oxygen atoms in total. The monoisotopic (exact) mass is 266 g/mol. The molecule has 0 aliphatic carbocycles. The highest BCUT2D eigenvalue weighted by molar-refractivity contribution is 5.85. The largest absolute Gasteiger partial charge is 0.508 e. The Hall–Kier alpha value is -2.07. The van der Waals surface area contributed by atoms with E-state index in [1.54, 1.807) is 36.4 Å². The summed E-state index contributed by atoms with van der Waals surface area (Å²) in [4.78, 5) is 0. The van der Waals surface area contributed by atoms with Gasteiger partial charge in [-0.15, -0.1) is 12.4 Å². The Bertz CT molecular complexity index is 532. The third-order valence-electron chi connectivity index (χ3n) is 2.48. The number of anilines is 2. The first kappa shape index (κ1) is 14.0. The first-order valence-corrected chi connectivity index (χ1v) is 5.26. The number of rotatable bonds is 3. The van der Waals surface area contributed by atoms with Gasteiger partial charge in [-0.3, -0.25) is 0 Å². The molecule has 2 aromatic rings.